The third-order valence-corrected chi connectivity index (χ3v) is 1.67. The zero-order chi connectivity index (χ0) is 9.30. The normalized spacial score (nSPS) is 9.83. The summed E-state index contributed by atoms with van der Waals surface area (Å²) in [5, 5.41) is 21.4. The lowest BCUT2D eigenvalue weighted by Crippen LogP contribution is -2.34. The van der Waals surface area contributed by atoms with Crippen LogP contribution in [-0.4, -0.2) is 4.92 Å². The molecule has 0 unspecified atom stereocenters. The minimum absolute atomic E-state index is 0.125. The van der Waals surface area contributed by atoms with Gasteiger partial charge in [-0.05, 0) is 0 Å². The molecule has 0 saturated carbocycles. The molecule has 5 heteroatoms. The third-order valence-electron chi connectivity index (χ3n) is 1.67. The molecule has 0 aliphatic rings. The molecule has 1 aromatic rings. The SMILES string of the molecule is Cc1ccc([N+](=O)[O-])c(C)[n+]1[O-]. The van der Waals surface area contributed by atoms with Crippen LogP contribution >= 0.6 is 0 Å². The van der Waals surface area contributed by atoms with Crippen LogP contribution < -0.4 is 4.73 Å². The fourth-order valence-corrected chi connectivity index (χ4v) is 0.949. The van der Waals surface area contributed by atoms with Gasteiger partial charge in [-0.3, -0.25) is 10.1 Å². The van der Waals surface area contributed by atoms with E-state index in [0.29, 0.717) is 10.4 Å². The van der Waals surface area contributed by atoms with Crippen molar-refractivity contribution in [2.75, 3.05) is 0 Å². The molecule has 5 nitrogen and oxygen atoms in total. The van der Waals surface area contributed by atoms with Gasteiger partial charge in [-0.25, -0.2) is 0 Å². The first-order valence-corrected chi connectivity index (χ1v) is 3.38. The molecule has 1 rings (SSSR count). The summed E-state index contributed by atoms with van der Waals surface area (Å²) in [6.07, 6.45) is 0. The standard InChI is InChI=1S/C7H8N2O3/c1-5-3-4-7(9(11)12)6(2)8(5)10/h3-4H,1-2H3. The summed E-state index contributed by atoms with van der Waals surface area (Å²) in [4.78, 5) is 9.77. The summed E-state index contributed by atoms with van der Waals surface area (Å²) >= 11 is 0. The molecule has 0 N–H and O–H groups in total. The van der Waals surface area contributed by atoms with E-state index in [1.807, 2.05) is 0 Å². The van der Waals surface area contributed by atoms with Crippen molar-refractivity contribution in [3.05, 3.63) is 38.8 Å². The van der Waals surface area contributed by atoms with Crippen molar-refractivity contribution in [1.82, 2.24) is 0 Å². The van der Waals surface area contributed by atoms with Crippen LogP contribution in [0.2, 0.25) is 0 Å². The molecule has 0 atom stereocenters. The Morgan fingerprint density at radius 3 is 2.50 bits per heavy atom. The van der Waals surface area contributed by atoms with Crippen LogP contribution in [0.5, 0.6) is 0 Å². The van der Waals surface area contributed by atoms with Gasteiger partial charge in [0.1, 0.15) is 0 Å². The number of rotatable bonds is 1. The van der Waals surface area contributed by atoms with Crippen molar-refractivity contribution in [1.29, 1.82) is 0 Å². The van der Waals surface area contributed by atoms with Crippen molar-refractivity contribution in [2.45, 2.75) is 13.8 Å². The molecule has 0 saturated heterocycles. The van der Waals surface area contributed by atoms with E-state index in [1.165, 1.54) is 19.1 Å². The van der Waals surface area contributed by atoms with Crippen LogP contribution in [0.1, 0.15) is 11.4 Å². The highest BCUT2D eigenvalue weighted by Crippen LogP contribution is 2.12. The van der Waals surface area contributed by atoms with Gasteiger partial charge in [-0.1, -0.05) is 0 Å². The average Bonchev–Trinajstić information content (AvgIpc) is 2.00. The van der Waals surface area contributed by atoms with Gasteiger partial charge in [0.25, 0.3) is 5.69 Å². The van der Waals surface area contributed by atoms with Crippen LogP contribution in [0.4, 0.5) is 5.69 Å². The van der Waals surface area contributed by atoms with Crippen LogP contribution in [0.25, 0.3) is 0 Å². The van der Waals surface area contributed by atoms with Gasteiger partial charge in [0.05, 0.1) is 4.92 Å². The van der Waals surface area contributed by atoms with Gasteiger partial charge in [-0.15, -0.1) is 0 Å². The number of aryl methyl sites for hydroxylation is 1. The molecule has 0 aliphatic carbocycles. The molecule has 12 heavy (non-hydrogen) atoms. The predicted molar refractivity (Wildman–Crippen MR) is 41.5 cm³/mol. The van der Waals surface area contributed by atoms with Crippen molar-refractivity contribution >= 4 is 5.69 Å². The second-order valence-corrected chi connectivity index (χ2v) is 2.50. The molecule has 0 bridgehead atoms. The monoisotopic (exact) mass is 168 g/mol. The van der Waals surface area contributed by atoms with Crippen molar-refractivity contribution in [3.8, 4) is 0 Å². The Hall–Kier alpha value is -1.65. The second kappa shape index (κ2) is 2.77. The lowest BCUT2D eigenvalue weighted by Gasteiger charge is -2.02. The number of hydrogen-bond donors (Lipinski definition) is 0. The van der Waals surface area contributed by atoms with Gasteiger partial charge < -0.3 is 5.21 Å². The van der Waals surface area contributed by atoms with Gasteiger partial charge in [-0.2, -0.15) is 4.73 Å². The maximum Gasteiger partial charge on any atom is 0.336 e. The van der Waals surface area contributed by atoms with E-state index in [9.17, 15) is 15.3 Å². The molecule has 0 amide bonds. The van der Waals surface area contributed by atoms with E-state index in [-0.39, 0.29) is 11.4 Å². The quantitative estimate of drug-likeness (QED) is 0.270. The van der Waals surface area contributed by atoms with E-state index >= 15 is 0 Å². The van der Waals surface area contributed by atoms with E-state index in [4.69, 9.17) is 0 Å². The Morgan fingerprint density at radius 2 is 2.00 bits per heavy atom. The number of aromatic nitrogens is 1. The molecular weight excluding hydrogens is 160 g/mol. The van der Waals surface area contributed by atoms with Crippen molar-refractivity contribution in [3.63, 3.8) is 0 Å². The zero-order valence-electron chi connectivity index (χ0n) is 6.77. The Morgan fingerprint density at radius 1 is 1.42 bits per heavy atom. The van der Waals surface area contributed by atoms with Crippen LogP contribution in [0.15, 0.2) is 12.1 Å². The fourth-order valence-electron chi connectivity index (χ4n) is 0.949. The number of nitro groups is 1. The van der Waals surface area contributed by atoms with Gasteiger partial charge >= 0.3 is 5.69 Å². The summed E-state index contributed by atoms with van der Waals surface area (Å²) in [5.41, 5.74) is 0.439. The van der Waals surface area contributed by atoms with Crippen molar-refractivity contribution in [2.24, 2.45) is 0 Å². The number of nitrogens with zero attached hydrogens (tertiary/aromatic N) is 2. The molecule has 1 heterocycles. The Balaban J connectivity index is 3.36. The van der Waals surface area contributed by atoms with Gasteiger partial charge in [0.2, 0.25) is 0 Å². The van der Waals surface area contributed by atoms with Crippen molar-refractivity contribution < 1.29 is 9.65 Å². The molecule has 1 aromatic heterocycles. The molecule has 0 aliphatic heterocycles. The lowest BCUT2D eigenvalue weighted by molar-refractivity contribution is -0.623. The first-order valence-electron chi connectivity index (χ1n) is 3.38. The first-order chi connectivity index (χ1) is 5.54. The number of hydrogen-bond acceptors (Lipinski definition) is 3. The summed E-state index contributed by atoms with van der Waals surface area (Å²) < 4.78 is 0.554. The molecule has 64 valence electrons. The molecule has 0 radical (unpaired) electrons. The summed E-state index contributed by atoms with van der Waals surface area (Å²) in [6, 6.07) is 2.76. The van der Waals surface area contributed by atoms with E-state index in [1.54, 1.807) is 6.92 Å². The molecule has 0 fully saturated rings. The van der Waals surface area contributed by atoms with Gasteiger partial charge in [0, 0.05) is 26.0 Å². The largest absolute Gasteiger partial charge is 0.618 e. The Bertz CT molecular complexity index is 336. The maximum absolute atomic E-state index is 11.1. The van der Waals surface area contributed by atoms with E-state index in [2.05, 4.69) is 0 Å². The molecular formula is C7H8N2O3. The zero-order valence-corrected chi connectivity index (χ0v) is 6.77. The topological polar surface area (TPSA) is 70.1 Å². The van der Waals surface area contributed by atoms with Crippen LogP contribution in [-0.2, 0) is 0 Å². The molecule has 0 aromatic carbocycles. The summed E-state index contributed by atoms with van der Waals surface area (Å²) in [6.45, 7) is 3.03. The second-order valence-electron chi connectivity index (χ2n) is 2.50. The summed E-state index contributed by atoms with van der Waals surface area (Å²) in [7, 11) is 0. The summed E-state index contributed by atoms with van der Waals surface area (Å²) in [5.74, 6) is 0. The minimum Gasteiger partial charge on any atom is -0.618 e. The lowest BCUT2D eigenvalue weighted by atomic mass is 10.3. The van der Waals surface area contributed by atoms with E-state index < -0.39 is 4.92 Å². The number of pyridine rings is 1. The Kier molecular flexibility index (Phi) is 1.95. The minimum atomic E-state index is -0.566. The highest BCUT2D eigenvalue weighted by atomic mass is 16.6. The van der Waals surface area contributed by atoms with Gasteiger partial charge in [0.15, 0.2) is 5.69 Å². The van der Waals surface area contributed by atoms with E-state index in [0.717, 1.165) is 0 Å². The van der Waals surface area contributed by atoms with Crippen LogP contribution in [0.3, 0.4) is 0 Å². The highest BCUT2D eigenvalue weighted by Gasteiger charge is 2.18. The average molecular weight is 168 g/mol. The predicted octanol–water partition coefficient (Wildman–Crippen LogP) is 0.845. The Labute approximate surface area is 69.0 Å². The third kappa shape index (κ3) is 1.20. The maximum atomic E-state index is 11.1. The highest BCUT2D eigenvalue weighted by molar-refractivity contribution is 5.31. The fraction of sp³-hybridized carbons (Fsp3) is 0.286. The first kappa shape index (κ1) is 8.45. The van der Waals surface area contributed by atoms with Crippen LogP contribution in [0, 0.1) is 29.2 Å². The molecule has 0 spiro atoms. The smallest absolute Gasteiger partial charge is 0.336 e.